The van der Waals surface area contributed by atoms with Gasteiger partial charge in [-0.1, -0.05) is 48.3 Å². The zero-order valence-corrected chi connectivity index (χ0v) is 18.7. The highest BCUT2D eigenvalue weighted by molar-refractivity contribution is 7.99. The predicted octanol–water partition coefficient (Wildman–Crippen LogP) is 5.38. The maximum atomic E-state index is 4.82. The van der Waals surface area contributed by atoms with Crippen LogP contribution in [0.25, 0.3) is 16.8 Å². The number of nitrogens with zero attached hydrogens (tertiary/aromatic N) is 5. The second-order valence-electron chi connectivity index (χ2n) is 7.51. The third kappa shape index (κ3) is 4.17. The van der Waals surface area contributed by atoms with E-state index in [1.54, 1.807) is 16.5 Å². The fourth-order valence-electron chi connectivity index (χ4n) is 3.57. The number of nitrogens with one attached hydrogen (secondary N) is 2. The second-order valence-corrected chi connectivity index (χ2v) is 8.12. The summed E-state index contributed by atoms with van der Waals surface area (Å²) in [5.41, 5.74) is 7.17. The molecule has 5 aromatic rings. The quantitative estimate of drug-likeness (QED) is 0.330. The minimum Gasteiger partial charge on any atom is -0.340 e. The summed E-state index contributed by atoms with van der Waals surface area (Å²) in [4.78, 5) is 4.82. The van der Waals surface area contributed by atoms with E-state index in [2.05, 4.69) is 57.5 Å². The van der Waals surface area contributed by atoms with E-state index < -0.39 is 0 Å². The van der Waals surface area contributed by atoms with Crippen LogP contribution < -0.4 is 10.0 Å². The Morgan fingerprint density at radius 2 is 1.88 bits per heavy atom. The van der Waals surface area contributed by atoms with Gasteiger partial charge in [0.2, 0.25) is 0 Å². The van der Waals surface area contributed by atoms with Crippen LogP contribution in [-0.2, 0) is 6.54 Å². The SMILES string of the molecule is CSNc1cc(Nc2ccn3ncc(-c4cnn(Cc5ccccc5)c4)c3n2)ccc1C. The molecule has 0 saturated heterocycles. The standard InChI is InChI=1S/C24H23N7S/c1-17-8-9-20(12-22(17)29-32-2)27-23-10-11-31-24(28-23)21(14-26-31)19-13-25-30(16-19)15-18-6-4-3-5-7-18/h3-14,16,29H,15H2,1-2H3,(H,27,28). The highest BCUT2D eigenvalue weighted by Crippen LogP contribution is 2.27. The molecule has 0 atom stereocenters. The Hall–Kier alpha value is -3.78. The van der Waals surface area contributed by atoms with Crippen LogP contribution in [0, 0.1) is 6.92 Å². The van der Waals surface area contributed by atoms with Gasteiger partial charge in [-0.2, -0.15) is 10.2 Å². The average Bonchev–Trinajstić information content (AvgIpc) is 3.43. The van der Waals surface area contributed by atoms with E-state index in [0.29, 0.717) is 0 Å². The molecule has 0 bridgehead atoms. The molecule has 0 aliphatic rings. The Morgan fingerprint density at radius 1 is 1.00 bits per heavy atom. The van der Waals surface area contributed by atoms with Crippen molar-refractivity contribution in [3.05, 3.63) is 90.5 Å². The van der Waals surface area contributed by atoms with E-state index in [0.717, 1.165) is 40.5 Å². The summed E-state index contributed by atoms with van der Waals surface area (Å²) in [6.07, 6.45) is 9.66. The summed E-state index contributed by atoms with van der Waals surface area (Å²) >= 11 is 1.58. The van der Waals surface area contributed by atoms with Gasteiger partial charge in [-0.05, 0) is 36.2 Å². The van der Waals surface area contributed by atoms with Crippen molar-refractivity contribution in [2.75, 3.05) is 16.3 Å². The number of hydrogen-bond acceptors (Lipinski definition) is 6. The molecule has 3 aromatic heterocycles. The van der Waals surface area contributed by atoms with Crippen LogP contribution in [0.1, 0.15) is 11.1 Å². The van der Waals surface area contributed by atoms with Gasteiger partial charge < -0.3 is 10.0 Å². The van der Waals surface area contributed by atoms with Crippen LogP contribution in [0.3, 0.4) is 0 Å². The van der Waals surface area contributed by atoms with E-state index in [-0.39, 0.29) is 0 Å². The molecular formula is C24H23N7S. The van der Waals surface area contributed by atoms with Crippen LogP contribution in [0.15, 0.2) is 79.4 Å². The van der Waals surface area contributed by atoms with Crippen molar-refractivity contribution in [3.8, 4) is 11.1 Å². The van der Waals surface area contributed by atoms with Gasteiger partial charge in [0.15, 0.2) is 5.65 Å². The first-order valence-corrected chi connectivity index (χ1v) is 11.5. The molecular weight excluding hydrogens is 418 g/mol. The van der Waals surface area contributed by atoms with Crippen LogP contribution >= 0.6 is 11.9 Å². The number of rotatable bonds is 7. The lowest BCUT2D eigenvalue weighted by molar-refractivity contribution is 0.687. The number of aromatic nitrogens is 5. The first-order valence-electron chi connectivity index (χ1n) is 10.3. The minimum atomic E-state index is 0.722. The van der Waals surface area contributed by atoms with Crippen LogP contribution in [0.2, 0.25) is 0 Å². The molecule has 5 rings (SSSR count). The number of benzene rings is 2. The van der Waals surface area contributed by atoms with Crippen molar-refractivity contribution in [1.29, 1.82) is 0 Å². The summed E-state index contributed by atoms with van der Waals surface area (Å²) in [5, 5.41) is 12.4. The molecule has 7 nitrogen and oxygen atoms in total. The Kier molecular flexibility index (Phi) is 5.51. The van der Waals surface area contributed by atoms with Crippen LogP contribution in [-0.4, -0.2) is 30.6 Å². The Labute approximate surface area is 190 Å². The summed E-state index contributed by atoms with van der Waals surface area (Å²) in [7, 11) is 0. The molecule has 0 radical (unpaired) electrons. The highest BCUT2D eigenvalue weighted by Gasteiger charge is 2.12. The smallest absolute Gasteiger partial charge is 0.165 e. The molecule has 160 valence electrons. The molecule has 0 saturated carbocycles. The maximum absolute atomic E-state index is 4.82. The number of fused-ring (bicyclic) bond motifs is 1. The van der Waals surface area contributed by atoms with E-state index in [1.165, 1.54) is 11.1 Å². The predicted molar refractivity (Wildman–Crippen MR) is 131 cm³/mol. The van der Waals surface area contributed by atoms with Crippen molar-refractivity contribution >= 4 is 34.8 Å². The van der Waals surface area contributed by atoms with E-state index in [1.807, 2.05) is 60.0 Å². The second kappa shape index (κ2) is 8.76. The van der Waals surface area contributed by atoms with Gasteiger partial charge in [0, 0.05) is 41.2 Å². The molecule has 0 unspecified atom stereocenters. The molecule has 2 N–H and O–H groups in total. The Balaban J connectivity index is 1.42. The lowest BCUT2D eigenvalue weighted by Crippen LogP contribution is -1.99. The summed E-state index contributed by atoms with van der Waals surface area (Å²) in [6.45, 7) is 2.81. The lowest BCUT2D eigenvalue weighted by Gasteiger charge is -2.11. The summed E-state index contributed by atoms with van der Waals surface area (Å²) in [6, 6.07) is 18.4. The highest BCUT2D eigenvalue weighted by atomic mass is 32.2. The van der Waals surface area contributed by atoms with Gasteiger partial charge in [-0.15, -0.1) is 0 Å². The van der Waals surface area contributed by atoms with Crippen molar-refractivity contribution in [3.63, 3.8) is 0 Å². The van der Waals surface area contributed by atoms with Gasteiger partial charge in [-0.25, -0.2) is 9.50 Å². The van der Waals surface area contributed by atoms with Crippen molar-refractivity contribution in [2.24, 2.45) is 0 Å². The lowest BCUT2D eigenvalue weighted by atomic mass is 10.2. The fourth-order valence-corrected chi connectivity index (χ4v) is 4.01. The largest absolute Gasteiger partial charge is 0.340 e. The molecule has 2 aromatic carbocycles. The van der Waals surface area contributed by atoms with Crippen molar-refractivity contribution in [1.82, 2.24) is 24.4 Å². The van der Waals surface area contributed by atoms with E-state index in [4.69, 9.17) is 4.98 Å². The number of hydrogen-bond donors (Lipinski definition) is 2. The zero-order chi connectivity index (χ0) is 21.9. The molecule has 0 spiro atoms. The zero-order valence-electron chi connectivity index (χ0n) is 17.9. The number of aryl methyl sites for hydroxylation is 1. The third-order valence-electron chi connectivity index (χ3n) is 5.22. The van der Waals surface area contributed by atoms with Crippen molar-refractivity contribution in [2.45, 2.75) is 13.5 Å². The molecule has 32 heavy (non-hydrogen) atoms. The minimum absolute atomic E-state index is 0.722. The molecule has 8 heteroatoms. The Bertz CT molecular complexity index is 1360. The monoisotopic (exact) mass is 441 g/mol. The van der Waals surface area contributed by atoms with Crippen LogP contribution in [0.5, 0.6) is 0 Å². The van der Waals surface area contributed by atoms with Gasteiger partial charge in [0.05, 0.1) is 18.9 Å². The summed E-state index contributed by atoms with van der Waals surface area (Å²) < 4.78 is 7.03. The fraction of sp³-hybridized carbons (Fsp3) is 0.125. The van der Waals surface area contributed by atoms with Gasteiger partial charge in [0.1, 0.15) is 5.82 Å². The number of anilines is 3. The van der Waals surface area contributed by atoms with Gasteiger partial charge in [-0.3, -0.25) is 4.68 Å². The normalized spacial score (nSPS) is 11.1. The molecule has 0 aliphatic heterocycles. The summed E-state index contributed by atoms with van der Waals surface area (Å²) in [5.74, 6) is 0.759. The third-order valence-corrected chi connectivity index (χ3v) is 5.65. The maximum Gasteiger partial charge on any atom is 0.165 e. The van der Waals surface area contributed by atoms with Gasteiger partial charge >= 0.3 is 0 Å². The average molecular weight is 442 g/mol. The molecule has 3 heterocycles. The first kappa shape index (κ1) is 20.1. The van der Waals surface area contributed by atoms with Gasteiger partial charge in [0.25, 0.3) is 0 Å². The first-order chi connectivity index (χ1) is 15.7. The van der Waals surface area contributed by atoms with E-state index in [9.17, 15) is 0 Å². The molecule has 0 aliphatic carbocycles. The van der Waals surface area contributed by atoms with Crippen molar-refractivity contribution < 1.29 is 0 Å². The van der Waals surface area contributed by atoms with E-state index >= 15 is 0 Å². The topological polar surface area (TPSA) is 72.1 Å². The van der Waals surface area contributed by atoms with Crippen LogP contribution in [0.4, 0.5) is 17.2 Å². The molecule has 0 fully saturated rings. The molecule has 0 amide bonds. The Morgan fingerprint density at radius 3 is 2.72 bits per heavy atom.